The molecule has 2 heterocycles. The first-order chi connectivity index (χ1) is 9.72. The molecule has 0 saturated heterocycles. The van der Waals surface area contributed by atoms with Gasteiger partial charge in [0.25, 0.3) is 0 Å². The topological polar surface area (TPSA) is 63.8 Å². The number of aromatic nitrogens is 3. The maximum Gasteiger partial charge on any atom is 0.198 e. The van der Waals surface area contributed by atoms with Crippen LogP contribution in [0.4, 0.5) is 5.69 Å². The molecule has 1 aromatic carbocycles. The summed E-state index contributed by atoms with van der Waals surface area (Å²) in [7, 11) is 0. The molecule has 0 spiro atoms. The number of fused-ring (bicyclic) bond motifs is 1. The maximum atomic E-state index is 5.69. The Morgan fingerprint density at radius 2 is 2.15 bits per heavy atom. The molecule has 0 fully saturated rings. The van der Waals surface area contributed by atoms with Crippen LogP contribution in [0.1, 0.15) is 31.4 Å². The van der Waals surface area contributed by atoms with E-state index in [0.29, 0.717) is 12.5 Å². The molecule has 3 rings (SSSR count). The van der Waals surface area contributed by atoms with Crippen molar-refractivity contribution in [1.29, 1.82) is 0 Å². The van der Waals surface area contributed by atoms with Crippen molar-refractivity contribution in [2.75, 3.05) is 5.32 Å². The number of hydrogen-bond donors (Lipinski definition) is 1. The van der Waals surface area contributed by atoms with Crippen LogP contribution in [-0.4, -0.2) is 15.0 Å². The van der Waals surface area contributed by atoms with Crippen LogP contribution >= 0.6 is 0 Å². The molecule has 5 heteroatoms. The highest BCUT2D eigenvalue weighted by Gasteiger charge is 2.09. The van der Waals surface area contributed by atoms with Gasteiger partial charge in [0.05, 0.1) is 12.2 Å². The molecule has 0 bridgehead atoms. The quantitative estimate of drug-likeness (QED) is 0.786. The summed E-state index contributed by atoms with van der Waals surface area (Å²) >= 11 is 0. The van der Waals surface area contributed by atoms with Crippen molar-refractivity contribution in [3.05, 3.63) is 48.4 Å². The molecule has 3 aromatic rings. The SMILES string of the molecule is CC(C)c1nc2cc(NCc3ccncn3)ccc2o1. The number of benzene rings is 1. The molecule has 0 radical (unpaired) electrons. The molecular formula is C15H16N4O. The van der Waals surface area contributed by atoms with Crippen LogP contribution in [0.3, 0.4) is 0 Å². The molecule has 0 amide bonds. The molecule has 0 aliphatic carbocycles. The van der Waals surface area contributed by atoms with Crippen molar-refractivity contribution < 1.29 is 4.42 Å². The minimum Gasteiger partial charge on any atom is -0.440 e. The first-order valence-electron chi connectivity index (χ1n) is 6.61. The third-order valence-electron chi connectivity index (χ3n) is 3.01. The summed E-state index contributed by atoms with van der Waals surface area (Å²) in [5, 5.41) is 3.32. The van der Waals surface area contributed by atoms with Crippen molar-refractivity contribution >= 4 is 16.8 Å². The predicted octanol–water partition coefficient (Wildman–Crippen LogP) is 3.35. The van der Waals surface area contributed by atoms with Gasteiger partial charge < -0.3 is 9.73 Å². The Morgan fingerprint density at radius 1 is 1.25 bits per heavy atom. The molecule has 0 saturated carbocycles. The Morgan fingerprint density at radius 3 is 2.90 bits per heavy atom. The zero-order chi connectivity index (χ0) is 13.9. The first kappa shape index (κ1) is 12.6. The van der Waals surface area contributed by atoms with Gasteiger partial charge in [-0.05, 0) is 24.3 Å². The molecule has 0 atom stereocenters. The second kappa shape index (κ2) is 5.28. The van der Waals surface area contributed by atoms with Crippen LogP contribution in [0.15, 0.2) is 41.2 Å². The van der Waals surface area contributed by atoms with E-state index >= 15 is 0 Å². The Hall–Kier alpha value is -2.43. The smallest absolute Gasteiger partial charge is 0.198 e. The van der Waals surface area contributed by atoms with E-state index in [-0.39, 0.29) is 0 Å². The van der Waals surface area contributed by atoms with E-state index in [9.17, 15) is 0 Å². The number of oxazole rings is 1. The zero-order valence-electron chi connectivity index (χ0n) is 11.5. The van der Waals surface area contributed by atoms with E-state index in [1.165, 1.54) is 0 Å². The van der Waals surface area contributed by atoms with Gasteiger partial charge >= 0.3 is 0 Å². The highest BCUT2D eigenvalue weighted by atomic mass is 16.3. The standard InChI is InChI=1S/C15H16N4O/c1-10(2)15-19-13-7-11(3-4-14(13)20-15)17-8-12-5-6-16-9-18-12/h3-7,9-10,17H,8H2,1-2H3. The van der Waals surface area contributed by atoms with Gasteiger partial charge in [-0.15, -0.1) is 0 Å². The number of rotatable bonds is 4. The third kappa shape index (κ3) is 2.61. The van der Waals surface area contributed by atoms with E-state index in [0.717, 1.165) is 28.4 Å². The Balaban J connectivity index is 1.78. The van der Waals surface area contributed by atoms with E-state index in [1.807, 2.05) is 24.3 Å². The zero-order valence-corrected chi connectivity index (χ0v) is 11.5. The summed E-state index contributed by atoms with van der Waals surface area (Å²) in [6.07, 6.45) is 3.28. The van der Waals surface area contributed by atoms with Gasteiger partial charge in [0.1, 0.15) is 11.8 Å². The molecule has 20 heavy (non-hydrogen) atoms. The summed E-state index contributed by atoms with van der Waals surface area (Å²) in [5.74, 6) is 1.06. The lowest BCUT2D eigenvalue weighted by Crippen LogP contribution is -2.01. The molecular weight excluding hydrogens is 252 g/mol. The maximum absolute atomic E-state index is 5.69. The summed E-state index contributed by atoms with van der Waals surface area (Å²) in [6.45, 7) is 4.79. The molecule has 1 N–H and O–H groups in total. The highest BCUT2D eigenvalue weighted by Crippen LogP contribution is 2.23. The largest absolute Gasteiger partial charge is 0.440 e. The van der Waals surface area contributed by atoms with Crippen LogP contribution in [0.25, 0.3) is 11.1 Å². The summed E-state index contributed by atoms with van der Waals surface area (Å²) in [6, 6.07) is 7.81. The van der Waals surface area contributed by atoms with Gasteiger partial charge in [0.15, 0.2) is 11.5 Å². The highest BCUT2D eigenvalue weighted by molar-refractivity contribution is 5.77. The third-order valence-corrected chi connectivity index (χ3v) is 3.01. The molecule has 0 unspecified atom stereocenters. The minimum absolute atomic E-state index is 0.292. The fourth-order valence-corrected chi connectivity index (χ4v) is 1.92. The second-order valence-corrected chi connectivity index (χ2v) is 4.94. The number of nitrogens with zero attached hydrogens (tertiary/aromatic N) is 3. The van der Waals surface area contributed by atoms with Crippen LogP contribution < -0.4 is 5.32 Å². The molecule has 0 aliphatic rings. The fraction of sp³-hybridized carbons (Fsp3) is 0.267. The average molecular weight is 268 g/mol. The first-order valence-corrected chi connectivity index (χ1v) is 6.61. The van der Waals surface area contributed by atoms with E-state index in [4.69, 9.17) is 4.42 Å². The second-order valence-electron chi connectivity index (χ2n) is 4.94. The van der Waals surface area contributed by atoms with Gasteiger partial charge in [-0.1, -0.05) is 13.8 Å². The van der Waals surface area contributed by atoms with Gasteiger partial charge in [0.2, 0.25) is 0 Å². The minimum atomic E-state index is 0.292. The molecule has 102 valence electrons. The van der Waals surface area contributed by atoms with Crippen LogP contribution in [0, 0.1) is 0 Å². The van der Waals surface area contributed by atoms with E-state index in [2.05, 4.69) is 34.1 Å². The number of nitrogens with one attached hydrogen (secondary N) is 1. The van der Waals surface area contributed by atoms with Crippen LogP contribution in [0.2, 0.25) is 0 Å². The summed E-state index contributed by atoms with van der Waals surface area (Å²) in [5.41, 5.74) is 3.64. The Labute approximate surface area is 117 Å². The average Bonchev–Trinajstić information content (AvgIpc) is 2.89. The molecule has 0 aliphatic heterocycles. The Kier molecular flexibility index (Phi) is 3.33. The van der Waals surface area contributed by atoms with Crippen molar-refractivity contribution in [2.24, 2.45) is 0 Å². The van der Waals surface area contributed by atoms with Crippen molar-refractivity contribution in [3.63, 3.8) is 0 Å². The van der Waals surface area contributed by atoms with Crippen LogP contribution in [0.5, 0.6) is 0 Å². The lowest BCUT2D eigenvalue weighted by Gasteiger charge is -2.04. The normalized spacial score (nSPS) is 11.2. The lowest BCUT2D eigenvalue weighted by atomic mass is 10.2. The number of hydrogen-bond acceptors (Lipinski definition) is 5. The van der Waals surface area contributed by atoms with Gasteiger partial charge in [-0.2, -0.15) is 0 Å². The van der Waals surface area contributed by atoms with Gasteiger partial charge in [-0.25, -0.2) is 15.0 Å². The predicted molar refractivity (Wildman–Crippen MR) is 77.5 cm³/mol. The van der Waals surface area contributed by atoms with Gasteiger partial charge in [0, 0.05) is 17.8 Å². The van der Waals surface area contributed by atoms with Crippen molar-refractivity contribution in [3.8, 4) is 0 Å². The van der Waals surface area contributed by atoms with Crippen LogP contribution in [-0.2, 0) is 6.54 Å². The number of anilines is 1. The monoisotopic (exact) mass is 268 g/mol. The van der Waals surface area contributed by atoms with Crippen molar-refractivity contribution in [1.82, 2.24) is 15.0 Å². The lowest BCUT2D eigenvalue weighted by molar-refractivity contribution is 0.501. The van der Waals surface area contributed by atoms with Gasteiger partial charge in [-0.3, -0.25) is 0 Å². The summed E-state index contributed by atoms with van der Waals surface area (Å²) < 4.78 is 5.69. The molecule has 5 nitrogen and oxygen atoms in total. The van der Waals surface area contributed by atoms with E-state index in [1.54, 1.807) is 12.5 Å². The fourth-order valence-electron chi connectivity index (χ4n) is 1.92. The Bertz CT molecular complexity index is 706. The summed E-state index contributed by atoms with van der Waals surface area (Å²) in [4.78, 5) is 12.6. The molecule has 2 aromatic heterocycles. The van der Waals surface area contributed by atoms with E-state index < -0.39 is 0 Å². The van der Waals surface area contributed by atoms with Crippen molar-refractivity contribution in [2.45, 2.75) is 26.3 Å².